The third-order valence-corrected chi connectivity index (χ3v) is 5.83. The summed E-state index contributed by atoms with van der Waals surface area (Å²) in [4.78, 5) is 0. The Morgan fingerprint density at radius 3 is 2.32 bits per heavy atom. The second-order valence-electron chi connectivity index (χ2n) is 4.62. The molecule has 0 fully saturated rings. The molecule has 4 nitrogen and oxygen atoms in total. The summed E-state index contributed by atoms with van der Waals surface area (Å²) >= 11 is 0.0743. The minimum absolute atomic E-state index is 0.0743. The lowest BCUT2D eigenvalue weighted by atomic mass is 10.2. The van der Waals surface area contributed by atoms with Crippen LogP contribution in [0.5, 0.6) is 5.06 Å². The molecule has 2 atom stereocenters. The molecule has 2 rings (SSSR count). The molecule has 0 amide bonds. The van der Waals surface area contributed by atoms with Crippen molar-refractivity contribution in [1.82, 2.24) is 0 Å². The van der Waals surface area contributed by atoms with Gasteiger partial charge in [-0.15, -0.1) is 0 Å². The predicted molar refractivity (Wildman–Crippen MR) is 62.7 cm³/mol. The zero-order valence-corrected chi connectivity index (χ0v) is 12.3. The number of thiophene rings is 1. The Morgan fingerprint density at radius 2 is 1.86 bits per heavy atom. The maximum atomic E-state index is 13.8. The van der Waals surface area contributed by atoms with Gasteiger partial charge in [-0.2, -0.15) is 22.0 Å². The molecule has 1 aliphatic rings. The fourth-order valence-electron chi connectivity index (χ4n) is 1.97. The molecule has 1 N–H and O–H groups in total. The Hall–Kier alpha value is -1.01. The van der Waals surface area contributed by atoms with Crippen molar-refractivity contribution in [3.8, 4) is 5.06 Å². The first-order valence-corrected chi connectivity index (χ1v) is 8.23. The SMILES string of the molecule is CS(=O)(=O)c1sc(OCC(F)(F)F)c2c1[C@H](O)C(F)(F)[C@@H]2F. The van der Waals surface area contributed by atoms with Crippen LogP contribution in [-0.4, -0.2) is 38.5 Å². The van der Waals surface area contributed by atoms with Crippen molar-refractivity contribution in [2.24, 2.45) is 0 Å². The van der Waals surface area contributed by atoms with Gasteiger partial charge in [0.15, 0.2) is 27.7 Å². The molecule has 0 bridgehead atoms. The molecule has 0 aromatic carbocycles. The van der Waals surface area contributed by atoms with Crippen LogP contribution in [0.2, 0.25) is 0 Å². The summed E-state index contributed by atoms with van der Waals surface area (Å²) in [5, 5.41) is 8.51. The van der Waals surface area contributed by atoms with Crippen LogP contribution in [0.3, 0.4) is 0 Å². The predicted octanol–water partition coefficient (Wildman–Crippen LogP) is 2.79. The first-order valence-electron chi connectivity index (χ1n) is 5.53. The molecule has 1 aromatic rings. The number of ether oxygens (including phenoxy) is 1. The van der Waals surface area contributed by atoms with Crippen LogP contribution in [0.4, 0.5) is 26.3 Å². The molecule has 126 valence electrons. The molecule has 1 aliphatic carbocycles. The van der Waals surface area contributed by atoms with Crippen molar-refractivity contribution in [3.05, 3.63) is 11.1 Å². The smallest absolute Gasteiger partial charge is 0.422 e. The van der Waals surface area contributed by atoms with Gasteiger partial charge in [0, 0.05) is 11.8 Å². The number of hydrogen-bond acceptors (Lipinski definition) is 5. The summed E-state index contributed by atoms with van der Waals surface area (Å²) in [6.07, 6.45) is -10.2. The van der Waals surface area contributed by atoms with E-state index < -0.39 is 61.2 Å². The number of halogens is 6. The summed E-state index contributed by atoms with van der Waals surface area (Å²) in [6, 6.07) is 0. The zero-order chi connectivity index (χ0) is 17.1. The number of fused-ring (bicyclic) bond motifs is 1. The highest BCUT2D eigenvalue weighted by Crippen LogP contribution is 2.60. The first-order chi connectivity index (χ1) is 9.77. The van der Waals surface area contributed by atoms with Crippen molar-refractivity contribution >= 4 is 21.2 Å². The van der Waals surface area contributed by atoms with Crippen molar-refractivity contribution in [1.29, 1.82) is 0 Å². The maximum absolute atomic E-state index is 13.8. The van der Waals surface area contributed by atoms with Gasteiger partial charge in [-0.3, -0.25) is 0 Å². The summed E-state index contributed by atoms with van der Waals surface area (Å²) in [7, 11) is -4.17. The highest BCUT2D eigenvalue weighted by molar-refractivity contribution is 7.92. The van der Waals surface area contributed by atoms with Crippen LogP contribution >= 0.6 is 11.3 Å². The quantitative estimate of drug-likeness (QED) is 0.832. The molecule has 1 heterocycles. The summed E-state index contributed by atoms with van der Waals surface area (Å²) in [6.45, 7) is -1.91. The average Bonchev–Trinajstić information content (AvgIpc) is 2.78. The Labute approximate surface area is 124 Å². The molecule has 0 unspecified atom stereocenters. The van der Waals surface area contributed by atoms with Crippen molar-refractivity contribution in [2.75, 3.05) is 12.9 Å². The number of rotatable bonds is 3. The van der Waals surface area contributed by atoms with Crippen LogP contribution in [0, 0.1) is 0 Å². The lowest BCUT2D eigenvalue weighted by Gasteiger charge is -2.17. The minimum atomic E-state index is -4.83. The lowest BCUT2D eigenvalue weighted by Crippen LogP contribution is -2.25. The van der Waals surface area contributed by atoms with Crippen molar-refractivity contribution < 1.29 is 44.6 Å². The van der Waals surface area contributed by atoms with Crippen molar-refractivity contribution in [3.63, 3.8) is 0 Å². The Bertz CT molecular complexity index is 693. The number of alkyl halides is 6. The van der Waals surface area contributed by atoms with Gasteiger partial charge in [-0.1, -0.05) is 11.3 Å². The monoisotopic (exact) mass is 370 g/mol. The van der Waals surface area contributed by atoms with Crippen LogP contribution < -0.4 is 4.74 Å². The summed E-state index contributed by atoms with van der Waals surface area (Å²) < 4.78 is 104. The summed E-state index contributed by atoms with van der Waals surface area (Å²) in [5.41, 5.74) is -1.99. The minimum Gasteiger partial charge on any atom is -0.474 e. The molecule has 12 heteroatoms. The second-order valence-corrected chi connectivity index (χ2v) is 7.81. The number of aliphatic hydroxyl groups excluding tert-OH is 1. The van der Waals surface area contributed by atoms with E-state index >= 15 is 0 Å². The van der Waals surface area contributed by atoms with Gasteiger partial charge in [0.1, 0.15) is 10.3 Å². The van der Waals surface area contributed by atoms with E-state index in [1.54, 1.807) is 0 Å². The molecule has 0 aliphatic heterocycles. The molecule has 0 spiro atoms. The third kappa shape index (κ3) is 2.78. The van der Waals surface area contributed by atoms with Gasteiger partial charge in [-0.05, 0) is 0 Å². The molecular formula is C10H8F6O4S2. The first kappa shape index (κ1) is 17.3. The fourth-order valence-corrected chi connectivity index (χ4v) is 4.36. The standard InChI is InChI=1S/C10H8F6O4S2/c1-22(18,19)8-4-3(5(11)10(15,16)6(4)17)7(21-8)20-2-9(12,13)14/h5-6,17H,2H2,1H3/t5-,6+/m1/s1. The molecule has 1 aromatic heterocycles. The molecule has 0 radical (unpaired) electrons. The summed E-state index contributed by atoms with van der Waals surface area (Å²) in [5.74, 6) is -4.35. The van der Waals surface area contributed by atoms with E-state index in [4.69, 9.17) is 0 Å². The Morgan fingerprint density at radius 1 is 1.32 bits per heavy atom. The van der Waals surface area contributed by atoms with Crippen LogP contribution in [0.1, 0.15) is 23.4 Å². The normalized spacial score (nSPS) is 24.4. The highest BCUT2D eigenvalue weighted by atomic mass is 32.2. The van der Waals surface area contributed by atoms with E-state index in [0.29, 0.717) is 6.26 Å². The van der Waals surface area contributed by atoms with Gasteiger partial charge in [-0.25, -0.2) is 12.8 Å². The van der Waals surface area contributed by atoms with Gasteiger partial charge in [0.25, 0.3) is 0 Å². The van der Waals surface area contributed by atoms with E-state index in [1.807, 2.05) is 0 Å². The molecular weight excluding hydrogens is 362 g/mol. The van der Waals surface area contributed by atoms with Crippen LogP contribution in [0.15, 0.2) is 4.21 Å². The van der Waals surface area contributed by atoms with E-state index in [0.717, 1.165) is 0 Å². The fraction of sp³-hybridized carbons (Fsp3) is 0.600. The van der Waals surface area contributed by atoms with E-state index in [-0.39, 0.29) is 11.3 Å². The Balaban J connectivity index is 2.58. The molecule has 0 saturated heterocycles. The van der Waals surface area contributed by atoms with Gasteiger partial charge in [0.05, 0.1) is 5.56 Å². The van der Waals surface area contributed by atoms with Crippen molar-refractivity contribution in [2.45, 2.75) is 28.6 Å². The topological polar surface area (TPSA) is 63.6 Å². The van der Waals surface area contributed by atoms with Crippen LogP contribution in [-0.2, 0) is 9.84 Å². The maximum Gasteiger partial charge on any atom is 0.422 e. The van der Waals surface area contributed by atoms with Crippen LogP contribution in [0.25, 0.3) is 0 Å². The second kappa shape index (κ2) is 4.99. The largest absolute Gasteiger partial charge is 0.474 e. The van der Waals surface area contributed by atoms with E-state index in [1.165, 1.54) is 0 Å². The number of hydrogen-bond donors (Lipinski definition) is 1. The number of sulfone groups is 1. The number of aliphatic hydroxyl groups is 1. The molecule has 0 saturated carbocycles. The third-order valence-electron chi connectivity index (χ3n) is 2.85. The van der Waals surface area contributed by atoms with Gasteiger partial charge < -0.3 is 9.84 Å². The average molecular weight is 370 g/mol. The zero-order valence-electron chi connectivity index (χ0n) is 10.6. The van der Waals surface area contributed by atoms with E-state index in [2.05, 4.69) is 4.74 Å². The van der Waals surface area contributed by atoms with Gasteiger partial charge in [0.2, 0.25) is 0 Å². The lowest BCUT2D eigenvalue weighted by molar-refractivity contribution is -0.154. The molecule has 22 heavy (non-hydrogen) atoms. The van der Waals surface area contributed by atoms with Gasteiger partial charge >= 0.3 is 12.1 Å². The Kier molecular flexibility index (Phi) is 3.94. The van der Waals surface area contributed by atoms with E-state index in [9.17, 15) is 39.9 Å². The highest BCUT2D eigenvalue weighted by Gasteiger charge is 2.60.